The van der Waals surface area contributed by atoms with Gasteiger partial charge in [-0.15, -0.1) is 11.3 Å². The Labute approximate surface area is 171 Å². The third-order valence-corrected chi connectivity index (χ3v) is 5.98. The van der Waals surface area contributed by atoms with Gasteiger partial charge in [-0.25, -0.2) is 15.0 Å². The molecule has 7 nitrogen and oxygen atoms in total. The smallest absolute Gasteiger partial charge is 0.231 e. The summed E-state index contributed by atoms with van der Waals surface area (Å²) in [5.41, 5.74) is 2.99. The number of H-pyrrole nitrogens is 1. The van der Waals surface area contributed by atoms with Crippen LogP contribution in [-0.4, -0.2) is 38.9 Å². The molecule has 0 spiro atoms. The van der Waals surface area contributed by atoms with E-state index in [0.717, 1.165) is 41.5 Å². The summed E-state index contributed by atoms with van der Waals surface area (Å²) in [6.45, 7) is 1.49. The fraction of sp³-hybridized carbons (Fsp3) is 0.238. The van der Waals surface area contributed by atoms with Crippen LogP contribution in [0.5, 0.6) is 0 Å². The quantitative estimate of drug-likeness (QED) is 0.538. The van der Waals surface area contributed by atoms with Crippen LogP contribution in [0.2, 0.25) is 0 Å². The molecule has 2 N–H and O–H groups in total. The lowest BCUT2D eigenvalue weighted by atomic mass is 9.97. The highest BCUT2D eigenvalue weighted by Crippen LogP contribution is 2.31. The first kappa shape index (κ1) is 17.8. The second-order valence-corrected chi connectivity index (χ2v) is 7.97. The number of aromatic amines is 1. The van der Waals surface area contributed by atoms with Crippen LogP contribution in [0.25, 0.3) is 22.2 Å². The van der Waals surface area contributed by atoms with E-state index in [0.29, 0.717) is 17.6 Å². The molecule has 0 bridgehead atoms. The molecule has 0 radical (unpaired) electrons. The number of aromatic nitrogens is 4. The molecule has 1 atom stereocenters. The first-order valence-corrected chi connectivity index (χ1v) is 10.5. The van der Waals surface area contributed by atoms with Crippen molar-refractivity contribution in [1.82, 2.24) is 19.9 Å². The minimum atomic E-state index is -0.104. The molecular formula is C21H20N6OS. The summed E-state index contributed by atoms with van der Waals surface area (Å²) in [6.07, 6.45) is 7.22. The van der Waals surface area contributed by atoms with E-state index >= 15 is 0 Å². The molecule has 3 aromatic heterocycles. The van der Waals surface area contributed by atoms with Gasteiger partial charge in [0.25, 0.3) is 0 Å². The van der Waals surface area contributed by atoms with Crippen LogP contribution >= 0.6 is 11.3 Å². The Kier molecular flexibility index (Phi) is 4.69. The predicted octanol–water partition coefficient (Wildman–Crippen LogP) is 3.94. The first-order valence-electron chi connectivity index (χ1n) is 9.63. The Bertz CT molecular complexity index is 1140. The number of carbonyl (C=O) groups excluding carboxylic acids is 1. The van der Waals surface area contributed by atoms with E-state index in [1.54, 1.807) is 18.5 Å². The number of hydrogen-bond donors (Lipinski definition) is 2. The van der Waals surface area contributed by atoms with Gasteiger partial charge in [-0.1, -0.05) is 18.2 Å². The van der Waals surface area contributed by atoms with Crippen LogP contribution < -0.4 is 10.2 Å². The zero-order chi connectivity index (χ0) is 19.6. The molecule has 0 saturated carbocycles. The summed E-state index contributed by atoms with van der Waals surface area (Å²) in [6, 6.07) is 9.93. The number of carbonyl (C=O) groups is 1. The van der Waals surface area contributed by atoms with Crippen molar-refractivity contribution in [1.29, 1.82) is 0 Å². The average molecular weight is 404 g/mol. The summed E-state index contributed by atoms with van der Waals surface area (Å²) >= 11 is 1.45. The molecule has 4 heterocycles. The van der Waals surface area contributed by atoms with Gasteiger partial charge in [0.15, 0.2) is 5.13 Å². The molecule has 1 aliphatic rings. The normalized spacial score (nSPS) is 16.8. The monoisotopic (exact) mass is 404 g/mol. The minimum Gasteiger partial charge on any atom is -0.360 e. The summed E-state index contributed by atoms with van der Waals surface area (Å²) in [7, 11) is 0. The fourth-order valence-electron chi connectivity index (χ4n) is 3.77. The highest BCUT2D eigenvalue weighted by Gasteiger charge is 2.27. The molecule has 1 aliphatic heterocycles. The molecule has 5 rings (SSSR count). The maximum absolute atomic E-state index is 12.8. The molecule has 1 amide bonds. The number of para-hydroxylation sites is 1. The Balaban J connectivity index is 1.29. The van der Waals surface area contributed by atoms with E-state index in [4.69, 9.17) is 0 Å². The van der Waals surface area contributed by atoms with Crippen molar-refractivity contribution in [3.05, 3.63) is 54.3 Å². The topological polar surface area (TPSA) is 86.8 Å². The van der Waals surface area contributed by atoms with Gasteiger partial charge in [0.1, 0.15) is 0 Å². The number of nitrogens with zero attached hydrogens (tertiary/aromatic N) is 4. The molecule has 146 valence electrons. The van der Waals surface area contributed by atoms with Crippen molar-refractivity contribution in [2.75, 3.05) is 23.3 Å². The van der Waals surface area contributed by atoms with Gasteiger partial charge in [0.05, 0.1) is 11.6 Å². The van der Waals surface area contributed by atoms with E-state index in [1.165, 1.54) is 11.3 Å². The van der Waals surface area contributed by atoms with Crippen LogP contribution in [0.15, 0.2) is 54.3 Å². The van der Waals surface area contributed by atoms with E-state index in [2.05, 4.69) is 36.2 Å². The molecule has 1 fully saturated rings. The lowest BCUT2D eigenvalue weighted by Gasteiger charge is -2.31. The maximum atomic E-state index is 12.8. The van der Waals surface area contributed by atoms with Gasteiger partial charge < -0.3 is 15.2 Å². The molecular weight excluding hydrogens is 384 g/mol. The number of thiazole rings is 1. The second-order valence-electron chi connectivity index (χ2n) is 7.11. The van der Waals surface area contributed by atoms with Crippen LogP contribution in [0.3, 0.4) is 0 Å². The molecule has 8 heteroatoms. The van der Waals surface area contributed by atoms with Crippen LogP contribution in [0, 0.1) is 5.92 Å². The Morgan fingerprint density at radius 1 is 1.21 bits per heavy atom. The van der Waals surface area contributed by atoms with Gasteiger partial charge in [-0.3, -0.25) is 4.79 Å². The lowest BCUT2D eigenvalue weighted by molar-refractivity contribution is -0.120. The molecule has 1 saturated heterocycles. The van der Waals surface area contributed by atoms with Crippen LogP contribution in [0.1, 0.15) is 12.8 Å². The van der Waals surface area contributed by atoms with Crippen molar-refractivity contribution in [3.63, 3.8) is 0 Å². The number of fused-ring (bicyclic) bond motifs is 1. The van der Waals surface area contributed by atoms with E-state index in [-0.39, 0.29) is 11.8 Å². The number of piperidine rings is 1. The molecule has 4 aromatic rings. The number of hydrogen-bond acceptors (Lipinski definition) is 6. The van der Waals surface area contributed by atoms with Crippen molar-refractivity contribution in [3.8, 4) is 11.3 Å². The van der Waals surface area contributed by atoms with Gasteiger partial charge in [-0.2, -0.15) is 0 Å². The summed E-state index contributed by atoms with van der Waals surface area (Å²) < 4.78 is 0. The van der Waals surface area contributed by atoms with Crippen molar-refractivity contribution in [2.24, 2.45) is 5.92 Å². The number of benzene rings is 1. The van der Waals surface area contributed by atoms with Crippen molar-refractivity contribution in [2.45, 2.75) is 12.8 Å². The third-order valence-electron chi connectivity index (χ3n) is 5.23. The molecule has 1 aromatic carbocycles. The Hall–Kier alpha value is -3.26. The minimum absolute atomic E-state index is 0.00505. The van der Waals surface area contributed by atoms with Gasteiger partial charge in [0, 0.05) is 53.5 Å². The second kappa shape index (κ2) is 7.63. The average Bonchev–Trinajstić information content (AvgIpc) is 3.41. The Morgan fingerprint density at radius 3 is 2.97 bits per heavy atom. The highest BCUT2D eigenvalue weighted by molar-refractivity contribution is 7.14. The number of anilines is 2. The standard InChI is InChI=1S/C21H20N6OS/c28-19(14-5-3-10-27(12-14)20-22-8-4-9-23-20)26-21-25-18(13-29-21)16-11-24-17-7-2-1-6-15(16)17/h1-2,4,6-9,11,13-14,24H,3,5,10,12H2,(H,25,26,28)/t14-/m1/s1. The fourth-order valence-corrected chi connectivity index (χ4v) is 4.49. The van der Waals surface area contributed by atoms with Crippen molar-refractivity contribution >= 4 is 39.2 Å². The molecule has 0 aliphatic carbocycles. The largest absolute Gasteiger partial charge is 0.360 e. The predicted molar refractivity (Wildman–Crippen MR) is 115 cm³/mol. The zero-order valence-corrected chi connectivity index (χ0v) is 16.5. The first-order chi connectivity index (χ1) is 14.3. The Morgan fingerprint density at radius 2 is 2.07 bits per heavy atom. The van der Waals surface area contributed by atoms with E-state index in [9.17, 15) is 4.79 Å². The molecule has 29 heavy (non-hydrogen) atoms. The summed E-state index contributed by atoms with van der Waals surface area (Å²) in [4.78, 5) is 31.4. The lowest BCUT2D eigenvalue weighted by Crippen LogP contribution is -2.41. The number of rotatable bonds is 4. The maximum Gasteiger partial charge on any atom is 0.231 e. The van der Waals surface area contributed by atoms with Crippen LogP contribution in [-0.2, 0) is 4.79 Å². The summed E-state index contributed by atoms with van der Waals surface area (Å²) in [5, 5.41) is 6.74. The van der Waals surface area contributed by atoms with Gasteiger partial charge in [0.2, 0.25) is 11.9 Å². The summed E-state index contributed by atoms with van der Waals surface area (Å²) in [5.74, 6) is 0.583. The number of amides is 1. The zero-order valence-electron chi connectivity index (χ0n) is 15.7. The van der Waals surface area contributed by atoms with E-state index in [1.807, 2.05) is 29.8 Å². The van der Waals surface area contributed by atoms with Crippen molar-refractivity contribution < 1.29 is 4.79 Å². The van der Waals surface area contributed by atoms with E-state index < -0.39 is 0 Å². The SMILES string of the molecule is O=C(Nc1nc(-c2c[nH]c3ccccc23)cs1)[C@@H]1CCCN(c2ncccn2)C1. The number of nitrogens with one attached hydrogen (secondary N) is 2. The third kappa shape index (κ3) is 3.58. The van der Waals surface area contributed by atoms with Gasteiger partial charge >= 0.3 is 0 Å². The van der Waals surface area contributed by atoms with Crippen LogP contribution in [0.4, 0.5) is 11.1 Å². The molecule has 0 unspecified atom stereocenters. The van der Waals surface area contributed by atoms with Gasteiger partial charge in [-0.05, 0) is 25.0 Å². The highest BCUT2D eigenvalue weighted by atomic mass is 32.1.